The molecule has 0 bridgehead atoms. The summed E-state index contributed by atoms with van der Waals surface area (Å²) in [5.41, 5.74) is 0.775. The molecule has 1 aromatic carbocycles. The van der Waals surface area contributed by atoms with Crippen LogP contribution in [0.2, 0.25) is 0 Å². The van der Waals surface area contributed by atoms with Crippen molar-refractivity contribution >= 4 is 23.3 Å². The molecule has 0 saturated carbocycles. The highest BCUT2D eigenvalue weighted by atomic mass is 16.2. The molecule has 0 heterocycles. The van der Waals surface area contributed by atoms with E-state index in [1.54, 1.807) is 24.3 Å². The molecule has 5 heteroatoms. The maximum Gasteiger partial charge on any atom is 0.226 e. The molecule has 0 aliphatic rings. The Bertz CT molecular complexity index is 527. The summed E-state index contributed by atoms with van der Waals surface area (Å²) in [6, 6.07) is 6.70. The summed E-state index contributed by atoms with van der Waals surface area (Å²) >= 11 is 0. The maximum absolute atomic E-state index is 11.7. The molecule has 0 unspecified atom stereocenters. The lowest BCUT2D eigenvalue weighted by Crippen LogP contribution is -2.36. The quantitative estimate of drug-likeness (QED) is 0.818. The molecule has 2 amide bonds. The Morgan fingerprint density at radius 3 is 2.10 bits per heavy atom. The molecule has 0 aliphatic heterocycles. The third-order valence-corrected chi connectivity index (χ3v) is 2.89. The molecule has 0 saturated heterocycles. The zero-order chi connectivity index (χ0) is 16.0. The van der Waals surface area contributed by atoms with Gasteiger partial charge in [-0.15, -0.1) is 0 Å². The molecular weight excluding hydrogens is 268 g/mol. The monoisotopic (exact) mass is 290 g/mol. The van der Waals surface area contributed by atoms with Crippen LogP contribution in [-0.4, -0.2) is 24.1 Å². The highest BCUT2D eigenvalue weighted by Gasteiger charge is 2.20. The minimum atomic E-state index is -0.459. The second-order valence-electron chi connectivity index (χ2n) is 5.94. The molecule has 0 atom stereocenters. The van der Waals surface area contributed by atoms with E-state index in [1.165, 1.54) is 6.92 Å². The lowest BCUT2D eigenvalue weighted by molar-refractivity contribution is -0.128. The Balaban J connectivity index is 2.40. The summed E-state index contributed by atoms with van der Waals surface area (Å²) in [5, 5.41) is 5.44. The van der Waals surface area contributed by atoms with Gasteiger partial charge in [-0.2, -0.15) is 0 Å². The van der Waals surface area contributed by atoms with Gasteiger partial charge in [0.05, 0.1) is 0 Å². The number of hydrogen-bond donors (Lipinski definition) is 2. The van der Waals surface area contributed by atoms with Gasteiger partial charge in [0.2, 0.25) is 11.8 Å². The van der Waals surface area contributed by atoms with Gasteiger partial charge in [-0.25, -0.2) is 0 Å². The van der Waals surface area contributed by atoms with E-state index in [9.17, 15) is 14.4 Å². The molecule has 21 heavy (non-hydrogen) atoms. The maximum atomic E-state index is 11.7. The van der Waals surface area contributed by atoms with Crippen LogP contribution in [0.5, 0.6) is 0 Å². The van der Waals surface area contributed by atoms with Crippen molar-refractivity contribution < 1.29 is 14.4 Å². The van der Waals surface area contributed by atoms with Crippen molar-refractivity contribution in [3.05, 3.63) is 29.8 Å². The number of carbonyl (C=O) groups excluding carboxylic acids is 3. The molecule has 0 spiro atoms. The zero-order valence-corrected chi connectivity index (χ0v) is 12.9. The Hall–Kier alpha value is -2.17. The Morgan fingerprint density at radius 2 is 1.62 bits per heavy atom. The van der Waals surface area contributed by atoms with Crippen molar-refractivity contribution in [3.8, 4) is 0 Å². The molecule has 2 N–H and O–H groups in total. The number of amides is 2. The number of Topliss-reactive ketones (excluding diaryl/α,β-unsaturated/α-hetero) is 1. The predicted octanol–water partition coefficient (Wildman–Crippen LogP) is 2.38. The predicted molar refractivity (Wildman–Crippen MR) is 82.2 cm³/mol. The van der Waals surface area contributed by atoms with Crippen LogP contribution in [0.4, 0.5) is 5.69 Å². The van der Waals surface area contributed by atoms with Crippen molar-refractivity contribution in [2.45, 2.75) is 34.1 Å². The van der Waals surface area contributed by atoms with Crippen molar-refractivity contribution in [2.75, 3.05) is 11.9 Å². The molecular formula is C16H22N2O3. The van der Waals surface area contributed by atoms with Crippen LogP contribution in [0.3, 0.4) is 0 Å². The second kappa shape index (κ2) is 7.02. The Labute approximate surface area is 125 Å². The van der Waals surface area contributed by atoms with Gasteiger partial charge in [-0.3, -0.25) is 14.4 Å². The van der Waals surface area contributed by atoms with Gasteiger partial charge in [-0.05, 0) is 31.2 Å². The van der Waals surface area contributed by atoms with Crippen LogP contribution in [0.25, 0.3) is 0 Å². The van der Waals surface area contributed by atoms with Gasteiger partial charge in [0.1, 0.15) is 0 Å². The number of hydrogen-bond acceptors (Lipinski definition) is 3. The third-order valence-electron chi connectivity index (χ3n) is 2.89. The minimum absolute atomic E-state index is 0.0160. The van der Waals surface area contributed by atoms with Gasteiger partial charge < -0.3 is 10.6 Å². The van der Waals surface area contributed by atoms with E-state index in [0.717, 1.165) is 0 Å². The SMILES string of the molecule is CC(=O)c1ccc(NC(=O)CCNC(=O)C(C)(C)C)cc1. The van der Waals surface area contributed by atoms with Gasteiger partial charge >= 0.3 is 0 Å². The first-order chi connectivity index (χ1) is 9.70. The third kappa shape index (κ3) is 5.77. The first kappa shape index (κ1) is 16.9. The molecule has 1 rings (SSSR count). The summed E-state index contributed by atoms with van der Waals surface area (Å²) < 4.78 is 0. The number of carbonyl (C=O) groups is 3. The van der Waals surface area contributed by atoms with Crippen molar-refractivity contribution in [1.82, 2.24) is 5.32 Å². The van der Waals surface area contributed by atoms with Crippen molar-refractivity contribution in [3.63, 3.8) is 0 Å². The van der Waals surface area contributed by atoms with Gasteiger partial charge in [0.15, 0.2) is 5.78 Å². The molecule has 0 radical (unpaired) electrons. The summed E-state index contributed by atoms with van der Waals surface area (Å²) in [7, 11) is 0. The van der Waals surface area contributed by atoms with Crippen molar-refractivity contribution in [2.24, 2.45) is 5.41 Å². The minimum Gasteiger partial charge on any atom is -0.355 e. The first-order valence-corrected chi connectivity index (χ1v) is 6.89. The Morgan fingerprint density at radius 1 is 1.05 bits per heavy atom. The van der Waals surface area contributed by atoms with E-state index in [0.29, 0.717) is 17.8 Å². The fraction of sp³-hybridized carbons (Fsp3) is 0.438. The average molecular weight is 290 g/mol. The van der Waals surface area contributed by atoms with Crippen LogP contribution in [0, 0.1) is 5.41 Å². The van der Waals surface area contributed by atoms with Crippen LogP contribution < -0.4 is 10.6 Å². The number of nitrogens with one attached hydrogen (secondary N) is 2. The average Bonchev–Trinajstić information content (AvgIpc) is 2.38. The highest BCUT2D eigenvalue weighted by Crippen LogP contribution is 2.12. The fourth-order valence-electron chi connectivity index (χ4n) is 1.57. The van der Waals surface area contributed by atoms with E-state index in [2.05, 4.69) is 10.6 Å². The van der Waals surface area contributed by atoms with E-state index in [4.69, 9.17) is 0 Å². The molecule has 1 aromatic rings. The van der Waals surface area contributed by atoms with Crippen molar-refractivity contribution in [1.29, 1.82) is 0 Å². The zero-order valence-electron chi connectivity index (χ0n) is 12.9. The summed E-state index contributed by atoms with van der Waals surface area (Å²) in [5.74, 6) is -0.279. The summed E-state index contributed by atoms with van der Waals surface area (Å²) in [6.07, 6.45) is 0.205. The number of anilines is 1. The summed E-state index contributed by atoms with van der Waals surface area (Å²) in [6.45, 7) is 7.25. The van der Waals surface area contributed by atoms with Gasteiger partial charge in [0.25, 0.3) is 0 Å². The van der Waals surface area contributed by atoms with Crippen LogP contribution in [-0.2, 0) is 9.59 Å². The molecule has 0 fully saturated rings. The lowest BCUT2D eigenvalue weighted by Gasteiger charge is -2.17. The van der Waals surface area contributed by atoms with Gasteiger partial charge in [-0.1, -0.05) is 20.8 Å². The Kier molecular flexibility index (Phi) is 5.64. The summed E-state index contributed by atoms with van der Waals surface area (Å²) in [4.78, 5) is 34.5. The van der Waals surface area contributed by atoms with E-state index in [1.807, 2.05) is 20.8 Å². The molecule has 114 valence electrons. The van der Waals surface area contributed by atoms with E-state index < -0.39 is 5.41 Å². The van der Waals surface area contributed by atoms with Crippen LogP contribution in [0.15, 0.2) is 24.3 Å². The smallest absolute Gasteiger partial charge is 0.226 e. The highest BCUT2D eigenvalue weighted by molar-refractivity contribution is 5.95. The fourth-order valence-corrected chi connectivity index (χ4v) is 1.57. The number of ketones is 1. The van der Waals surface area contributed by atoms with E-state index in [-0.39, 0.29) is 24.0 Å². The van der Waals surface area contributed by atoms with Crippen LogP contribution in [0.1, 0.15) is 44.5 Å². The largest absolute Gasteiger partial charge is 0.355 e. The molecule has 0 aliphatic carbocycles. The standard InChI is InChI=1S/C16H22N2O3/c1-11(19)12-5-7-13(8-6-12)18-14(20)9-10-17-15(21)16(2,3)4/h5-8H,9-10H2,1-4H3,(H,17,21)(H,18,20). The van der Waals surface area contributed by atoms with Gasteiger partial charge in [0, 0.05) is 29.6 Å². The first-order valence-electron chi connectivity index (χ1n) is 6.89. The molecule has 0 aromatic heterocycles. The topological polar surface area (TPSA) is 75.3 Å². The van der Waals surface area contributed by atoms with E-state index >= 15 is 0 Å². The lowest BCUT2D eigenvalue weighted by atomic mass is 9.96. The van der Waals surface area contributed by atoms with Crippen LogP contribution >= 0.6 is 0 Å². The molecule has 5 nitrogen and oxygen atoms in total. The normalized spacial score (nSPS) is 10.9. The number of rotatable bonds is 5. The second-order valence-corrected chi connectivity index (χ2v) is 5.94. The number of benzene rings is 1.